The molecular weight excluding hydrogens is 342 g/mol. The minimum absolute atomic E-state index is 0.0381. The highest BCUT2D eigenvalue weighted by molar-refractivity contribution is 9.09. The van der Waals surface area contributed by atoms with Crippen LogP contribution in [0.5, 0.6) is 5.75 Å². The molecule has 0 radical (unpaired) electrons. The Morgan fingerprint density at radius 2 is 1.90 bits per heavy atom. The van der Waals surface area contributed by atoms with Gasteiger partial charge in [-0.1, -0.05) is 46.8 Å². The minimum Gasteiger partial charge on any atom is -0.484 e. The van der Waals surface area contributed by atoms with Gasteiger partial charge in [0.25, 0.3) is 5.91 Å². The van der Waals surface area contributed by atoms with Crippen LogP contribution in [0.4, 0.5) is 0 Å². The summed E-state index contributed by atoms with van der Waals surface area (Å²) in [6.45, 7) is 0.0381. The Morgan fingerprint density at radius 1 is 1.25 bits per heavy atom. The Balaban J connectivity index is 1.83. The van der Waals surface area contributed by atoms with Crippen molar-refractivity contribution in [2.24, 2.45) is 0 Å². The number of carbonyl (C=O) groups is 1. The molecule has 1 amide bonds. The van der Waals surface area contributed by atoms with Crippen LogP contribution in [-0.4, -0.2) is 23.4 Å². The molecule has 1 aromatic rings. The predicted molar refractivity (Wildman–Crippen MR) is 84.7 cm³/mol. The Labute approximate surface area is 133 Å². The van der Waals surface area contributed by atoms with E-state index in [4.69, 9.17) is 16.3 Å². The van der Waals surface area contributed by atoms with Crippen LogP contribution < -0.4 is 10.1 Å². The fraction of sp³-hybridized carbons (Fsp3) is 0.533. The largest absolute Gasteiger partial charge is 0.484 e. The van der Waals surface area contributed by atoms with E-state index in [9.17, 15) is 4.79 Å². The van der Waals surface area contributed by atoms with Crippen LogP contribution in [0.25, 0.3) is 0 Å². The molecule has 1 aromatic carbocycles. The number of nitrogens with one attached hydrogen (secondary N) is 1. The van der Waals surface area contributed by atoms with Crippen molar-refractivity contribution in [1.29, 1.82) is 0 Å². The van der Waals surface area contributed by atoms with Gasteiger partial charge in [0.05, 0.1) is 0 Å². The van der Waals surface area contributed by atoms with Gasteiger partial charge in [-0.2, -0.15) is 0 Å². The highest BCUT2D eigenvalue weighted by Gasteiger charge is 2.32. The number of hydrogen-bond donors (Lipinski definition) is 1. The SMILES string of the molecule is O=C(COc1ccc(Cl)cc1)NC1(CBr)CCCCC1. The molecule has 0 spiro atoms. The van der Waals surface area contributed by atoms with Gasteiger partial charge in [-0.3, -0.25) is 4.79 Å². The number of amides is 1. The van der Waals surface area contributed by atoms with Crippen LogP contribution in [0.15, 0.2) is 24.3 Å². The lowest BCUT2D eigenvalue weighted by Crippen LogP contribution is -2.52. The van der Waals surface area contributed by atoms with E-state index in [1.165, 1.54) is 19.3 Å². The zero-order chi connectivity index (χ0) is 14.4. The molecule has 1 fully saturated rings. The van der Waals surface area contributed by atoms with Gasteiger partial charge >= 0.3 is 0 Å². The lowest BCUT2D eigenvalue weighted by atomic mass is 9.83. The number of carbonyl (C=O) groups excluding carboxylic acids is 1. The first kappa shape index (κ1) is 15.6. The number of ether oxygens (including phenoxy) is 1. The maximum atomic E-state index is 12.0. The summed E-state index contributed by atoms with van der Waals surface area (Å²) in [4.78, 5) is 12.0. The smallest absolute Gasteiger partial charge is 0.258 e. The summed E-state index contributed by atoms with van der Waals surface area (Å²) in [5.41, 5.74) is -0.0985. The second-order valence-electron chi connectivity index (χ2n) is 5.27. The summed E-state index contributed by atoms with van der Waals surface area (Å²) in [7, 11) is 0. The molecule has 1 saturated carbocycles. The lowest BCUT2D eigenvalue weighted by molar-refractivity contribution is -0.125. The monoisotopic (exact) mass is 359 g/mol. The molecule has 1 aliphatic rings. The van der Waals surface area contributed by atoms with E-state index in [-0.39, 0.29) is 18.1 Å². The molecule has 20 heavy (non-hydrogen) atoms. The zero-order valence-electron chi connectivity index (χ0n) is 11.3. The van der Waals surface area contributed by atoms with E-state index in [0.29, 0.717) is 10.8 Å². The topological polar surface area (TPSA) is 38.3 Å². The van der Waals surface area contributed by atoms with E-state index >= 15 is 0 Å². The third-order valence-corrected chi connectivity index (χ3v) is 4.98. The standard InChI is InChI=1S/C15H19BrClNO2/c16-11-15(8-2-1-3-9-15)18-14(19)10-20-13-6-4-12(17)5-7-13/h4-7H,1-3,8-11H2,(H,18,19). The van der Waals surface area contributed by atoms with Gasteiger partial charge in [0, 0.05) is 15.9 Å². The summed E-state index contributed by atoms with van der Waals surface area (Å²) >= 11 is 9.33. The summed E-state index contributed by atoms with van der Waals surface area (Å²) in [6, 6.07) is 7.01. The Hall–Kier alpha value is -0.740. The fourth-order valence-electron chi connectivity index (χ4n) is 2.53. The number of alkyl halides is 1. The van der Waals surface area contributed by atoms with Crippen molar-refractivity contribution < 1.29 is 9.53 Å². The molecule has 0 heterocycles. The van der Waals surface area contributed by atoms with Gasteiger partial charge < -0.3 is 10.1 Å². The van der Waals surface area contributed by atoms with Crippen LogP contribution in [0, 0.1) is 0 Å². The van der Waals surface area contributed by atoms with Crippen LogP contribution in [-0.2, 0) is 4.79 Å². The molecule has 1 aliphatic carbocycles. The van der Waals surface area contributed by atoms with Crippen LogP contribution in [0.1, 0.15) is 32.1 Å². The first-order valence-electron chi connectivity index (χ1n) is 6.89. The third kappa shape index (κ3) is 4.38. The molecule has 0 unspecified atom stereocenters. The van der Waals surface area contributed by atoms with E-state index in [2.05, 4.69) is 21.2 Å². The van der Waals surface area contributed by atoms with Crippen LogP contribution >= 0.6 is 27.5 Å². The first-order chi connectivity index (χ1) is 9.63. The molecule has 0 atom stereocenters. The van der Waals surface area contributed by atoms with Crippen molar-refractivity contribution in [3.05, 3.63) is 29.3 Å². The van der Waals surface area contributed by atoms with Crippen LogP contribution in [0.2, 0.25) is 5.02 Å². The number of benzene rings is 1. The van der Waals surface area contributed by atoms with Gasteiger partial charge in [-0.05, 0) is 37.1 Å². The van der Waals surface area contributed by atoms with Gasteiger partial charge in [0.1, 0.15) is 5.75 Å². The summed E-state index contributed by atoms with van der Waals surface area (Å²) in [5, 5.41) is 4.58. The fourth-order valence-corrected chi connectivity index (χ4v) is 3.36. The van der Waals surface area contributed by atoms with Crippen molar-refractivity contribution in [2.75, 3.05) is 11.9 Å². The number of hydrogen-bond acceptors (Lipinski definition) is 2. The third-order valence-electron chi connectivity index (χ3n) is 3.65. The minimum atomic E-state index is -0.0985. The quantitative estimate of drug-likeness (QED) is 0.808. The van der Waals surface area contributed by atoms with E-state index in [1.807, 2.05) is 0 Å². The normalized spacial score (nSPS) is 17.5. The van der Waals surface area contributed by atoms with Crippen molar-refractivity contribution in [2.45, 2.75) is 37.6 Å². The molecule has 1 N–H and O–H groups in total. The predicted octanol–water partition coefficient (Wildman–Crippen LogP) is 3.93. The lowest BCUT2D eigenvalue weighted by Gasteiger charge is -2.36. The van der Waals surface area contributed by atoms with Crippen molar-refractivity contribution in [3.63, 3.8) is 0 Å². The Bertz CT molecular complexity index is 444. The molecule has 110 valence electrons. The molecular formula is C15H19BrClNO2. The highest BCUT2D eigenvalue weighted by Crippen LogP contribution is 2.29. The summed E-state index contributed by atoms with van der Waals surface area (Å²) < 4.78 is 5.47. The summed E-state index contributed by atoms with van der Waals surface area (Å²) in [5.74, 6) is 0.586. The van der Waals surface area contributed by atoms with Crippen molar-refractivity contribution in [1.82, 2.24) is 5.32 Å². The zero-order valence-corrected chi connectivity index (χ0v) is 13.7. The van der Waals surface area contributed by atoms with Gasteiger partial charge in [-0.25, -0.2) is 0 Å². The van der Waals surface area contributed by atoms with Gasteiger partial charge in [0.2, 0.25) is 0 Å². The van der Waals surface area contributed by atoms with E-state index in [0.717, 1.165) is 18.2 Å². The van der Waals surface area contributed by atoms with Crippen LogP contribution in [0.3, 0.4) is 0 Å². The first-order valence-corrected chi connectivity index (χ1v) is 8.39. The number of rotatable bonds is 5. The maximum Gasteiger partial charge on any atom is 0.258 e. The second-order valence-corrected chi connectivity index (χ2v) is 6.26. The van der Waals surface area contributed by atoms with Gasteiger partial charge in [-0.15, -0.1) is 0 Å². The molecule has 0 aromatic heterocycles. The molecule has 2 rings (SSSR count). The molecule has 3 nitrogen and oxygen atoms in total. The second kappa shape index (κ2) is 7.32. The summed E-state index contributed by atoms with van der Waals surface area (Å²) in [6.07, 6.45) is 5.66. The Morgan fingerprint density at radius 3 is 2.50 bits per heavy atom. The van der Waals surface area contributed by atoms with Gasteiger partial charge in [0.15, 0.2) is 6.61 Å². The molecule has 5 heteroatoms. The molecule has 0 bridgehead atoms. The van der Waals surface area contributed by atoms with E-state index in [1.54, 1.807) is 24.3 Å². The Kier molecular flexibility index (Phi) is 5.73. The maximum absolute atomic E-state index is 12.0. The highest BCUT2D eigenvalue weighted by atomic mass is 79.9. The van der Waals surface area contributed by atoms with Crippen molar-refractivity contribution >= 4 is 33.4 Å². The average Bonchev–Trinajstić information content (AvgIpc) is 2.47. The number of halogens is 2. The molecule has 0 aliphatic heterocycles. The molecule has 0 saturated heterocycles. The van der Waals surface area contributed by atoms with E-state index < -0.39 is 0 Å². The van der Waals surface area contributed by atoms with Crippen molar-refractivity contribution in [3.8, 4) is 5.75 Å². The average molecular weight is 361 g/mol.